The second-order valence-corrected chi connectivity index (χ2v) is 6.17. The molecule has 2 aromatic carbocycles. The van der Waals surface area contributed by atoms with Crippen molar-refractivity contribution in [3.05, 3.63) is 71.0 Å². The summed E-state index contributed by atoms with van der Waals surface area (Å²) in [6, 6.07) is 20.6. The summed E-state index contributed by atoms with van der Waals surface area (Å²) in [5.74, 6) is 0.906. The zero-order valence-corrected chi connectivity index (χ0v) is 14.3. The Morgan fingerprint density at radius 1 is 1.00 bits per heavy atom. The van der Waals surface area contributed by atoms with Crippen molar-refractivity contribution in [3.63, 3.8) is 0 Å². The van der Waals surface area contributed by atoms with Crippen LogP contribution >= 0.6 is 12.2 Å². The van der Waals surface area contributed by atoms with Crippen molar-refractivity contribution in [3.8, 4) is 11.4 Å². The van der Waals surface area contributed by atoms with E-state index in [9.17, 15) is 0 Å². The van der Waals surface area contributed by atoms with Gasteiger partial charge in [0, 0.05) is 18.2 Å². The molecule has 23 heavy (non-hydrogen) atoms. The van der Waals surface area contributed by atoms with E-state index in [4.69, 9.17) is 17.3 Å². The van der Waals surface area contributed by atoms with Crippen molar-refractivity contribution >= 4 is 12.2 Å². The quantitative estimate of drug-likeness (QED) is 0.729. The van der Waals surface area contributed by atoms with E-state index in [1.807, 2.05) is 40.6 Å². The fraction of sp³-hybridized carbons (Fsp3) is 0.222. The summed E-state index contributed by atoms with van der Waals surface area (Å²) in [6.45, 7) is 1.69. The molecule has 5 heteroatoms. The van der Waals surface area contributed by atoms with Gasteiger partial charge < -0.3 is 9.47 Å². The van der Waals surface area contributed by atoms with E-state index in [1.54, 1.807) is 0 Å². The lowest BCUT2D eigenvalue weighted by atomic mass is 10.2. The van der Waals surface area contributed by atoms with Gasteiger partial charge in [-0.3, -0.25) is 0 Å². The Kier molecular flexibility index (Phi) is 4.69. The maximum absolute atomic E-state index is 5.55. The Morgan fingerprint density at radius 2 is 1.61 bits per heavy atom. The van der Waals surface area contributed by atoms with Gasteiger partial charge in [-0.05, 0) is 12.2 Å². The first-order chi connectivity index (χ1) is 11.1. The van der Waals surface area contributed by atoms with E-state index in [-0.39, 0.29) is 0 Å². The van der Waals surface area contributed by atoms with Crippen molar-refractivity contribution in [1.29, 1.82) is 0 Å². The standard InChI is InChI=1S/C18H20N4S/c1-20(13-15-9-5-3-6-10-15)14-22-18(23)21(2)17(19-22)16-11-7-4-8-12-16/h3-12H,13-14H2,1-2H3/p+1. The molecule has 0 aliphatic rings. The van der Waals surface area contributed by atoms with Crippen LogP contribution in [-0.2, 0) is 20.3 Å². The molecule has 0 saturated carbocycles. The molecule has 0 aliphatic carbocycles. The molecular formula is C18H21N4S+. The van der Waals surface area contributed by atoms with Crippen LogP contribution in [-0.4, -0.2) is 21.4 Å². The largest absolute Gasteiger partial charge is 0.315 e. The smallest absolute Gasteiger partial charge is 0.202 e. The van der Waals surface area contributed by atoms with Gasteiger partial charge in [0.1, 0.15) is 6.54 Å². The molecule has 3 rings (SSSR count). The van der Waals surface area contributed by atoms with Crippen LogP contribution in [0, 0.1) is 4.77 Å². The lowest BCUT2D eigenvalue weighted by Gasteiger charge is -2.13. The molecule has 0 saturated heterocycles. The summed E-state index contributed by atoms with van der Waals surface area (Å²) in [7, 11) is 4.13. The minimum absolute atomic E-state index is 0.744. The zero-order chi connectivity index (χ0) is 16.2. The summed E-state index contributed by atoms with van der Waals surface area (Å²) in [6.07, 6.45) is 0. The van der Waals surface area contributed by atoms with Gasteiger partial charge in [-0.15, -0.1) is 5.10 Å². The van der Waals surface area contributed by atoms with Crippen LogP contribution in [0.25, 0.3) is 11.4 Å². The van der Waals surface area contributed by atoms with Gasteiger partial charge in [-0.2, -0.15) is 4.68 Å². The van der Waals surface area contributed by atoms with Gasteiger partial charge in [0.25, 0.3) is 0 Å². The van der Waals surface area contributed by atoms with Crippen molar-refractivity contribution in [2.75, 3.05) is 7.05 Å². The van der Waals surface area contributed by atoms with Crippen molar-refractivity contribution in [2.45, 2.75) is 13.2 Å². The Morgan fingerprint density at radius 3 is 2.26 bits per heavy atom. The third kappa shape index (κ3) is 3.57. The van der Waals surface area contributed by atoms with Crippen LogP contribution in [0.4, 0.5) is 0 Å². The Balaban J connectivity index is 1.80. The van der Waals surface area contributed by atoms with Crippen molar-refractivity contribution < 1.29 is 4.90 Å². The summed E-state index contributed by atoms with van der Waals surface area (Å²) in [4.78, 5) is 1.34. The molecule has 3 aromatic rings. The monoisotopic (exact) mass is 325 g/mol. The van der Waals surface area contributed by atoms with E-state index in [2.05, 4.69) is 43.4 Å². The molecule has 1 aromatic heterocycles. The molecule has 118 valence electrons. The normalized spacial score (nSPS) is 12.3. The highest BCUT2D eigenvalue weighted by molar-refractivity contribution is 7.71. The molecule has 0 amide bonds. The average molecular weight is 325 g/mol. The molecule has 0 aliphatic heterocycles. The SMILES string of the molecule is Cn1c(-c2ccccc2)nn(C[NH+](C)Cc2ccccc2)c1=S. The Hall–Kier alpha value is -2.24. The van der Waals surface area contributed by atoms with Gasteiger partial charge in [-0.25, -0.2) is 0 Å². The summed E-state index contributed by atoms with van der Waals surface area (Å²) in [5.41, 5.74) is 2.40. The van der Waals surface area contributed by atoms with E-state index < -0.39 is 0 Å². The van der Waals surface area contributed by atoms with Crippen LogP contribution < -0.4 is 4.90 Å². The molecule has 0 fully saturated rings. The minimum Gasteiger partial charge on any atom is -0.315 e. The van der Waals surface area contributed by atoms with E-state index in [1.165, 1.54) is 10.5 Å². The van der Waals surface area contributed by atoms with Crippen molar-refractivity contribution in [2.24, 2.45) is 7.05 Å². The molecule has 1 heterocycles. The zero-order valence-electron chi connectivity index (χ0n) is 13.4. The molecule has 0 spiro atoms. The highest BCUT2D eigenvalue weighted by Gasteiger charge is 2.12. The van der Waals surface area contributed by atoms with Crippen LogP contribution in [0.5, 0.6) is 0 Å². The predicted molar refractivity (Wildman–Crippen MR) is 94.5 cm³/mol. The summed E-state index contributed by atoms with van der Waals surface area (Å²) < 4.78 is 4.63. The second-order valence-electron chi connectivity index (χ2n) is 5.81. The average Bonchev–Trinajstić information content (AvgIpc) is 2.85. The number of nitrogens with zero attached hydrogens (tertiary/aromatic N) is 3. The Labute approximate surface area is 141 Å². The highest BCUT2D eigenvalue weighted by Crippen LogP contribution is 2.16. The van der Waals surface area contributed by atoms with Gasteiger partial charge in [-0.1, -0.05) is 60.7 Å². The Bertz CT molecular complexity index is 821. The molecule has 0 bridgehead atoms. The summed E-state index contributed by atoms with van der Waals surface area (Å²) in [5, 5.41) is 4.72. The van der Waals surface area contributed by atoms with Gasteiger partial charge in [0.2, 0.25) is 4.77 Å². The molecule has 1 unspecified atom stereocenters. The fourth-order valence-electron chi connectivity index (χ4n) is 2.69. The minimum atomic E-state index is 0.744. The predicted octanol–water partition coefficient (Wildman–Crippen LogP) is 2.29. The lowest BCUT2D eigenvalue weighted by Crippen LogP contribution is -3.07. The third-order valence-corrected chi connectivity index (χ3v) is 4.33. The van der Waals surface area contributed by atoms with Gasteiger partial charge >= 0.3 is 0 Å². The maximum atomic E-state index is 5.55. The number of quaternary nitrogens is 1. The summed E-state index contributed by atoms with van der Waals surface area (Å²) >= 11 is 5.55. The first kappa shape index (κ1) is 15.6. The lowest BCUT2D eigenvalue weighted by molar-refractivity contribution is -0.917. The van der Waals surface area contributed by atoms with E-state index in [0.29, 0.717) is 0 Å². The highest BCUT2D eigenvalue weighted by atomic mass is 32.1. The molecule has 1 atom stereocenters. The first-order valence-electron chi connectivity index (χ1n) is 7.69. The second kappa shape index (κ2) is 6.89. The first-order valence-corrected chi connectivity index (χ1v) is 8.10. The van der Waals surface area contributed by atoms with Crippen LogP contribution in [0.3, 0.4) is 0 Å². The number of rotatable bonds is 5. The third-order valence-electron chi connectivity index (χ3n) is 3.84. The number of hydrogen-bond donors (Lipinski definition) is 1. The molecule has 0 radical (unpaired) electrons. The number of benzene rings is 2. The molecular weight excluding hydrogens is 304 g/mol. The van der Waals surface area contributed by atoms with Gasteiger partial charge in [0.05, 0.1) is 7.05 Å². The number of nitrogens with one attached hydrogen (secondary N) is 1. The van der Waals surface area contributed by atoms with Crippen LogP contribution in [0.2, 0.25) is 0 Å². The van der Waals surface area contributed by atoms with Gasteiger partial charge in [0.15, 0.2) is 12.5 Å². The fourth-order valence-corrected chi connectivity index (χ4v) is 2.88. The van der Waals surface area contributed by atoms with E-state index in [0.717, 1.165) is 29.4 Å². The van der Waals surface area contributed by atoms with E-state index >= 15 is 0 Å². The molecule has 4 nitrogen and oxygen atoms in total. The topological polar surface area (TPSA) is 27.2 Å². The van der Waals surface area contributed by atoms with Crippen LogP contribution in [0.15, 0.2) is 60.7 Å². The number of hydrogen-bond acceptors (Lipinski definition) is 2. The van der Waals surface area contributed by atoms with Crippen LogP contribution in [0.1, 0.15) is 5.56 Å². The maximum Gasteiger partial charge on any atom is 0.202 e. The number of aromatic nitrogens is 3. The molecule has 1 N–H and O–H groups in total. The van der Waals surface area contributed by atoms with Crippen molar-refractivity contribution in [1.82, 2.24) is 14.3 Å².